The highest BCUT2D eigenvalue weighted by Gasteiger charge is 2.50. The summed E-state index contributed by atoms with van der Waals surface area (Å²) in [6.45, 7) is 0.362. The molecule has 0 radical (unpaired) electrons. The van der Waals surface area contributed by atoms with Crippen molar-refractivity contribution in [2.24, 2.45) is 0 Å². The van der Waals surface area contributed by atoms with Crippen LogP contribution in [0.4, 0.5) is 22.0 Å². The second kappa shape index (κ2) is 9.60. The second-order valence-electron chi connectivity index (χ2n) is 9.84. The fraction of sp³-hybridized carbons (Fsp3) is 0.385. The highest BCUT2D eigenvalue weighted by atomic mass is 19.4. The van der Waals surface area contributed by atoms with Crippen LogP contribution in [0.2, 0.25) is 0 Å². The second-order valence-corrected chi connectivity index (χ2v) is 9.84. The molecule has 2 aliphatic rings. The minimum Gasteiger partial charge on any atom is -0.453 e. The van der Waals surface area contributed by atoms with Crippen molar-refractivity contribution in [3.05, 3.63) is 64.2 Å². The number of aromatic nitrogens is 2. The fourth-order valence-electron chi connectivity index (χ4n) is 5.54. The SMILES string of the molecule is CN1C[C@H](n2cnc3ccc(Oc4c(F)ccc(F)c4C#N)cc3c2=O)CC12CCN(C(=O)C(F)(F)F)CC2. The molecule has 2 aliphatic heterocycles. The Balaban J connectivity index is 1.40. The average Bonchev–Trinajstić information content (AvgIpc) is 3.21. The summed E-state index contributed by atoms with van der Waals surface area (Å²) in [6.07, 6.45) is -2.38. The van der Waals surface area contributed by atoms with E-state index in [-0.39, 0.29) is 30.3 Å². The number of benzene rings is 2. The molecule has 2 saturated heterocycles. The van der Waals surface area contributed by atoms with E-state index >= 15 is 0 Å². The molecule has 5 rings (SSSR count). The number of carbonyl (C=O) groups is 1. The number of rotatable bonds is 3. The van der Waals surface area contributed by atoms with E-state index in [2.05, 4.69) is 4.98 Å². The van der Waals surface area contributed by atoms with Gasteiger partial charge >= 0.3 is 12.1 Å². The van der Waals surface area contributed by atoms with Gasteiger partial charge in [-0.1, -0.05) is 0 Å². The summed E-state index contributed by atoms with van der Waals surface area (Å²) in [5.74, 6) is -4.34. The van der Waals surface area contributed by atoms with E-state index in [0.717, 1.165) is 17.0 Å². The lowest BCUT2D eigenvalue weighted by atomic mass is 9.84. The van der Waals surface area contributed by atoms with E-state index in [1.165, 1.54) is 29.1 Å². The van der Waals surface area contributed by atoms with Crippen LogP contribution in [0.1, 0.15) is 30.9 Å². The van der Waals surface area contributed by atoms with Crippen molar-refractivity contribution in [3.63, 3.8) is 0 Å². The van der Waals surface area contributed by atoms with Gasteiger partial charge in [0.15, 0.2) is 11.6 Å². The highest BCUT2D eigenvalue weighted by Crippen LogP contribution is 2.42. The molecular formula is C26H22F5N5O3. The van der Waals surface area contributed by atoms with Crippen molar-refractivity contribution in [2.75, 3.05) is 26.7 Å². The van der Waals surface area contributed by atoms with Gasteiger partial charge in [0.2, 0.25) is 0 Å². The fourth-order valence-corrected chi connectivity index (χ4v) is 5.54. The summed E-state index contributed by atoms with van der Waals surface area (Å²) in [5.41, 5.74) is -1.16. The zero-order valence-electron chi connectivity index (χ0n) is 20.6. The first-order valence-electron chi connectivity index (χ1n) is 12.1. The van der Waals surface area contributed by atoms with Gasteiger partial charge in [-0.25, -0.2) is 13.8 Å². The van der Waals surface area contributed by atoms with Crippen molar-refractivity contribution in [2.45, 2.75) is 37.0 Å². The third-order valence-corrected chi connectivity index (χ3v) is 7.67. The molecule has 8 nitrogen and oxygen atoms in total. The van der Waals surface area contributed by atoms with Crippen LogP contribution in [0, 0.1) is 23.0 Å². The Bertz CT molecular complexity index is 1560. The zero-order chi connectivity index (χ0) is 28.1. The Morgan fingerprint density at radius 2 is 1.85 bits per heavy atom. The average molecular weight is 547 g/mol. The molecule has 1 spiro atoms. The first kappa shape index (κ1) is 26.6. The quantitative estimate of drug-likeness (QED) is 0.458. The predicted octanol–water partition coefficient (Wildman–Crippen LogP) is 4.14. The van der Waals surface area contributed by atoms with Crippen molar-refractivity contribution >= 4 is 16.8 Å². The van der Waals surface area contributed by atoms with Crippen molar-refractivity contribution in [3.8, 4) is 17.6 Å². The largest absolute Gasteiger partial charge is 0.471 e. The topological polar surface area (TPSA) is 91.5 Å². The van der Waals surface area contributed by atoms with Gasteiger partial charge in [0.25, 0.3) is 5.56 Å². The van der Waals surface area contributed by atoms with E-state index in [1.54, 1.807) is 6.07 Å². The number of piperidine rings is 1. The van der Waals surface area contributed by atoms with Crippen LogP contribution >= 0.6 is 0 Å². The lowest BCUT2D eigenvalue weighted by molar-refractivity contribution is -0.187. The molecular weight excluding hydrogens is 525 g/mol. The smallest absolute Gasteiger partial charge is 0.453 e. The molecule has 0 N–H and O–H groups in total. The number of alkyl halides is 3. The molecule has 2 aromatic carbocycles. The summed E-state index contributed by atoms with van der Waals surface area (Å²) in [4.78, 5) is 32.3. The number of nitriles is 1. The summed E-state index contributed by atoms with van der Waals surface area (Å²) in [6, 6.07) is 7.11. The number of hydrogen-bond acceptors (Lipinski definition) is 6. The Morgan fingerprint density at radius 1 is 1.15 bits per heavy atom. The minimum atomic E-state index is -4.92. The number of halogens is 5. The van der Waals surface area contributed by atoms with Crippen LogP contribution in [0.5, 0.6) is 11.5 Å². The lowest BCUT2D eigenvalue weighted by Crippen LogP contribution is -2.54. The predicted molar refractivity (Wildman–Crippen MR) is 128 cm³/mol. The lowest BCUT2D eigenvalue weighted by Gasteiger charge is -2.43. The third-order valence-electron chi connectivity index (χ3n) is 7.67. The monoisotopic (exact) mass is 547 g/mol. The Hall–Kier alpha value is -4.05. The highest BCUT2D eigenvalue weighted by molar-refractivity contribution is 5.82. The Labute approximate surface area is 218 Å². The molecule has 0 bridgehead atoms. The number of hydrogen-bond donors (Lipinski definition) is 0. The number of nitrogens with zero attached hydrogens (tertiary/aromatic N) is 5. The number of ether oxygens (including phenoxy) is 1. The van der Waals surface area contributed by atoms with Crippen molar-refractivity contribution in [1.29, 1.82) is 5.26 Å². The molecule has 1 amide bonds. The van der Waals surface area contributed by atoms with E-state index in [1.807, 2.05) is 11.9 Å². The van der Waals surface area contributed by atoms with Crippen LogP contribution in [-0.4, -0.2) is 63.7 Å². The van der Waals surface area contributed by atoms with E-state index in [4.69, 9.17) is 4.74 Å². The summed E-state index contributed by atoms with van der Waals surface area (Å²) in [7, 11) is 1.84. The number of fused-ring (bicyclic) bond motifs is 1. The maximum absolute atomic E-state index is 14.3. The van der Waals surface area contributed by atoms with Crippen LogP contribution in [0.25, 0.3) is 10.9 Å². The van der Waals surface area contributed by atoms with Gasteiger partial charge in [0, 0.05) is 25.2 Å². The van der Waals surface area contributed by atoms with E-state index in [0.29, 0.717) is 31.3 Å². The molecule has 39 heavy (non-hydrogen) atoms. The first-order valence-corrected chi connectivity index (χ1v) is 12.1. The first-order chi connectivity index (χ1) is 18.4. The van der Waals surface area contributed by atoms with Gasteiger partial charge in [-0.15, -0.1) is 0 Å². The Morgan fingerprint density at radius 3 is 2.51 bits per heavy atom. The number of likely N-dealkylation sites (N-methyl/N-ethyl adjacent to an activating group) is 1. The molecule has 0 unspecified atom stereocenters. The van der Waals surface area contributed by atoms with E-state index < -0.39 is 46.1 Å². The van der Waals surface area contributed by atoms with Crippen LogP contribution in [0.15, 0.2) is 41.5 Å². The molecule has 13 heteroatoms. The van der Waals surface area contributed by atoms with Gasteiger partial charge < -0.3 is 9.64 Å². The third kappa shape index (κ3) is 4.69. The molecule has 1 atom stereocenters. The maximum Gasteiger partial charge on any atom is 0.471 e. The van der Waals surface area contributed by atoms with Crippen LogP contribution < -0.4 is 10.3 Å². The van der Waals surface area contributed by atoms with Crippen molar-refractivity contribution < 1.29 is 31.5 Å². The maximum atomic E-state index is 14.3. The molecule has 3 heterocycles. The van der Waals surface area contributed by atoms with Gasteiger partial charge in [0.1, 0.15) is 23.2 Å². The van der Waals surface area contributed by atoms with Crippen LogP contribution in [-0.2, 0) is 4.79 Å². The van der Waals surface area contributed by atoms with Gasteiger partial charge in [-0.2, -0.15) is 18.4 Å². The summed E-state index contributed by atoms with van der Waals surface area (Å²) in [5, 5.41) is 9.36. The van der Waals surface area contributed by atoms with E-state index in [9.17, 15) is 36.8 Å². The number of likely N-dealkylation sites (tertiary alicyclic amines) is 2. The van der Waals surface area contributed by atoms with Gasteiger partial charge in [-0.05, 0) is 56.6 Å². The molecule has 2 fully saturated rings. The normalized spacial score (nSPS) is 19.4. The van der Waals surface area contributed by atoms with Gasteiger partial charge in [0.05, 0.1) is 23.3 Å². The standard InChI is InChI=1S/C26H22F5N5O3/c1-34-13-15(11-25(34)6-8-35(9-7-25)24(38)26(29,30)31)36-14-33-21-5-2-16(10-17(21)23(36)37)39-22-18(12-32)19(27)3-4-20(22)28/h2-5,10,14-15H,6-9,11,13H2,1H3/t15-/m1/s1. The molecule has 0 saturated carbocycles. The van der Waals surface area contributed by atoms with Crippen LogP contribution in [0.3, 0.4) is 0 Å². The van der Waals surface area contributed by atoms with Crippen molar-refractivity contribution in [1.82, 2.24) is 19.4 Å². The molecule has 204 valence electrons. The van der Waals surface area contributed by atoms with Gasteiger partial charge in [-0.3, -0.25) is 19.1 Å². The number of amides is 1. The Kier molecular flexibility index (Phi) is 6.54. The number of carbonyl (C=O) groups excluding carboxylic acids is 1. The summed E-state index contributed by atoms with van der Waals surface area (Å²) >= 11 is 0. The summed E-state index contributed by atoms with van der Waals surface area (Å²) < 4.78 is 73.8. The molecule has 1 aromatic heterocycles. The zero-order valence-corrected chi connectivity index (χ0v) is 20.6. The minimum absolute atomic E-state index is 0.00173. The molecule has 3 aromatic rings. The molecule has 0 aliphatic carbocycles.